The molecule has 1 fully saturated rings. The lowest BCUT2D eigenvalue weighted by molar-refractivity contribution is -0.137. The van der Waals surface area contributed by atoms with Gasteiger partial charge in [0.25, 0.3) is 0 Å². The molecule has 0 radical (unpaired) electrons. The second kappa shape index (κ2) is 5.48. The third kappa shape index (κ3) is 2.53. The van der Waals surface area contributed by atoms with Crippen molar-refractivity contribution < 1.29 is 4.79 Å². The molecule has 2 unspecified atom stereocenters. The normalized spacial score (nSPS) is 24.4. The summed E-state index contributed by atoms with van der Waals surface area (Å²) in [5.74, 6) is 0.212. The SMILES string of the molecule is CCCN1C(=O)CCC(N)C1c1ccc(C)nc1. The van der Waals surface area contributed by atoms with Crippen molar-refractivity contribution in [2.75, 3.05) is 6.54 Å². The van der Waals surface area contributed by atoms with Gasteiger partial charge < -0.3 is 10.6 Å². The van der Waals surface area contributed by atoms with Crippen LogP contribution < -0.4 is 5.73 Å². The molecular weight excluding hydrogens is 226 g/mol. The Morgan fingerprint density at radius 3 is 2.89 bits per heavy atom. The molecule has 1 aromatic heterocycles. The van der Waals surface area contributed by atoms with Gasteiger partial charge >= 0.3 is 0 Å². The number of pyridine rings is 1. The highest BCUT2D eigenvalue weighted by Gasteiger charge is 2.34. The Morgan fingerprint density at radius 2 is 2.28 bits per heavy atom. The van der Waals surface area contributed by atoms with Crippen molar-refractivity contribution in [3.8, 4) is 0 Å². The monoisotopic (exact) mass is 247 g/mol. The molecule has 0 bridgehead atoms. The van der Waals surface area contributed by atoms with Crippen molar-refractivity contribution in [2.45, 2.75) is 45.2 Å². The third-order valence-electron chi connectivity index (χ3n) is 3.49. The van der Waals surface area contributed by atoms with E-state index in [1.807, 2.05) is 30.2 Å². The number of rotatable bonds is 3. The van der Waals surface area contributed by atoms with Crippen molar-refractivity contribution in [1.82, 2.24) is 9.88 Å². The van der Waals surface area contributed by atoms with Crippen molar-refractivity contribution in [3.63, 3.8) is 0 Å². The number of hydrogen-bond acceptors (Lipinski definition) is 3. The van der Waals surface area contributed by atoms with Crippen LogP contribution in [0.15, 0.2) is 18.3 Å². The van der Waals surface area contributed by atoms with Crippen LogP contribution in [-0.4, -0.2) is 28.4 Å². The Kier molecular flexibility index (Phi) is 3.97. The van der Waals surface area contributed by atoms with Gasteiger partial charge in [0.15, 0.2) is 0 Å². The van der Waals surface area contributed by atoms with E-state index in [0.29, 0.717) is 6.42 Å². The largest absolute Gasteiger partial charge is 0.334 e. The Labute approximate surface area is 108 Å². The molecule has 98 valence electrons. The first-order chi connectivity index (χ1) is 8.63. The zero-order chi connectivity index (χ0) is 13.1. The fraction of sp³-hybridized carbons (Fsp3) is 0.571. The minimum Gasteiger partial charge on any atom is -0.334 e. The fourth-order valence-electron chi connectivity index (χ4n) is 2.56. The Balaban J connectivity index is 2.30. The molecule has 1 aliphatic heterocycles. The highest BCUT2D eigenvalue weighted by molar-refractivity contribution is 5.77. The third-order valence-corrected chi connectivity index (χ3v) is 3.49. The van der Waals surface area contributed by atoms with Gasteiger partial charge in [0.05, 0.1) is 6.04 Å². The first-order valence-electron chi connectivity index (χ1n) is 6.61. The lowest BCUT2D eigenvalue weighted by Gasteiger charge is -2.39. The van der Waals surface area contributed by atoms with Gasteiger partial charge in [-0.3, -0.25) is 9.78 Å². The van der Waals surface area contributed by atoms with Crippen LogP contribution in [0, 0.1) is 6.92 Å². The summed E-state index contributed by atoms with van der Waals surface area (Å²) in [4.78, 5) is 18.3. The fourth-order valence-corrected chi connectivity index (χ4v) is 2.56. The zero-order valence-corrected chi connectivity index (χ0v) is 11.1. The molecule has 1 aromatic rings. The molecule has 1 aliphatic rings. The number of aromatic nitrogens is 1. The van der Waals surface area contributed by atoms with Crippen LogP contribution >= 0.6 is 0 Å². The number of carbonyl (C=O) groups excluding carboxylic acids is 1. The minimum absolute atomic E-state index is 0.0127. The van der Waals surface area contributed by atoms with Crippen molar-refractivity contribution >= 4 is 5.91 Å². The average Bonchev–Trinajstić information content (AvgIpc) is 2.36. The zero-order valence-electron chi connectivity index (χ0n) is 11.1. The first-order valence-corrected chi connectivity index (χ1v) is 6.61. The maximum atomic E-state index is 12.0. The summed E-state index contributed by atoms with van der Waals surface area (Å²) in [6.07, 6.45) is 4.13. The Morgan fingerprint density at radius 1 is 1.50 bits per heavy atom. The van der Waals surface area contributed by atoms with Gasteiger partial charge in [-0.05, 0) is 31.4 Å². The summed E-state index contributed by atoms with van der Waals surface area (Å²) in [6.45, 7) is 4.81. The molecule has 4 nitrogen and oxygen atoms in total. The van der Waals surface area contributed by atoms with E-state index in [1.165, 1.54) is 0 Å². The van der Waals surface area contributed by atoms with Gasteiger partial charge in [-0.1, -0.05) is 13.0 Å². The van der Waals surface area contributed by atoms with Gasteiger partial charge in [0, 0.05) is 30.9 Å². The molecule has 0 aliphatic carbocycles. The number of likely N-dealkylation sites (tertiary alicyclic amines) is 1. The number of nitrogens with zero attached hydrogens (tertiary/aromatic N) is 2. The second-order valence-corrected chi connectivity index (χ2v) is 4.97. The van der Waals surface area contributed by atoms with E-state index in [2.05, 4.69) is 11.9 Å². The highest BCUT2D eigenvalue weighted by atomic mass is 16.2. The summed E-state index contributed by atoms with van der Waals surface area (Å²) in [6, 6.07) is 4.01. The molecule has 0 saturated carbocycles. The van der Waals surface area contributed by atoms with Gasteiger partial charge in [-0.15, -0.1) is 0 Å². The van der Waals surface area contributed by atoms with Gasteiger partial charge in [-0.25, -0.2) is 0 Å². The van der Waals surface area contributed by atoms with E-state index in [1.54, 1.807) is 0 Å². The molecule has 2 rings (SSSR count). The number of piperidine rings is 1. The van der Waals surface area contributed by atoms with Crippen LogP contribution in [0.4, 0.5) is 0 Å². The van der Waals surface area contributed by atoms with Gasteiger partial charge in [0.1, 0.15) is 0 Å². The smallest absolute Gasteiger partial charge is 0.223 e. The summed E-state index contributed by atoms with van der Waals surface area (Å²) in [5, 5.41) is 0. The van der Waals surface area contributed by atoms with E-state index in [9.17, 15) is 4.79 Å². The van der Waals surface area contributed by atoms with Crippen LogP contribution in [0.2, 0.25) is 0 Å². The predicted molar refractivity (Wildman–Crippen MR) is 70.9 cm³/mol. The maximum absolute atomic E-state index is 12.0. The Bertz CT molecular complexity index is 416. The minimum atomic E-state index is -0.0145. The summed E-state index contributed by atoms with van der Waals surface area (Å²) >= 11 is 0. The van der Waals surface area contributed by atoms with Crippen molar-refractivity contribution in [2.24, 2.45) is 5.73 Å². The molecule has 2 atom stereocenters. The number of hydrogen-bond donors (Lipinski definition) is 1. The molecule has 4 heteroatoms. The number of nitrogens with two attached hydrogens (primary N) is 1. The molecular formula is C14H21N3O. The van der Waals surface area contributed by atoms with Crippen molar-refractivity contribution in [1.29, 1.82) is 0 Å². The number of aryl methyl sites for hydroxylation is 1. The van der Waals surface area contributed by atoms with Crippen LogP contribution in [0.3, 0.4) is 0 Å². The van der Waals surface area contributed by atoms with E-state index < -0.39 is 0 Å². The first kappa shape index (κ1) is 13.0. The highest BCUT2D eigenvalue weighted by Crippen LogP contribution is 2.30. The molecule has 2 N–H and O–H groups in total. The average molecular weight is 247 g/mol. The van der Waals surface area contributed by atoms with E-state index in [4.69, 9.17) is 5.73 Å². The Hall–Kier alpha value is -1.42. The molecule has 18 heavy (non-hydrogen) atoms. The molecule has 1 amide bonds. The lowest BCUT2D eigenvalue weighted by atomic mass is 9.91. The molecule has 0 aromatic carbocycles. The van der Waals surface area contributed by atoms with Gasteiger partial charge in [-0.2, -0.15) is 0 Å². The number of carbonyl (C=O) groups is 1. The van der Waals surface area contributed by atoms with E-state index in [-0.39, 0.29) is 18.0 Å². The van der Waals surface area contributed by atoms with Crippen LogP contribution in [-0.2, 0) is 4.79 Å². The maximum Gasteiger partial charge on any atom is 0.223 e. The molecule has 1 saturated heterocycles. The lowest BCUT2D eigenvalue weighted by Crippen LogP contribution is -2.49. The second-order valence-electron chi connectivity index (χ2n) is 4.97. The molecule has 0 spiro atoms. The van der Waals surface area contributed by atoms with Gasteiger partial charge in [0.2, 0.25) is 5.91 Å². The van der Waals surface area contributed by atoms with Crippen LogP contribution in [0.25, 0.3) is 0 Å². The number of amides is 1. The summed E-state index contributed by atoms with van der Waals surface area (Å²) in [7, 11) is 0. The molecule has 2 heterocycles. The van der Waals surface area contributed by atoms with Crippen LogP contribution in [0.1, 0.15) is 43.5 Å². The summed E-state index contributed by atoms with van der Waals surface area (Å²) in [5.41, 5.74) is 8.24. The summed E-state index contributed by atoms with van der Waals surface area (Å²) < 4.78 is 0. The van der Waals surface area contributed by atoms with Crippen LogP contribution in [0.5, 0.6) is 0 Å². The van der Waals surface area contributed by atoms with E-state index in [0.717, 1.165) is 30.6 Å². The van der Waals surface area contributed by atoms with E-state index >= 15 is 0 Å². The van der Waals surface area contributed by atoms with Crippen molar-refractivity contribution in [3.05, 3.63) is 29.6 Å². The predicted octanol–water partition coefficient (Wildman–Crippen LogP) is 1.79. The topological polar surface area (TPSA) is 59.2 Å². The standard InChI is InChI=1S/C14H21N3O/c1-3-8-17-13(18)7-6-12(15)14(17)11-5-4-10(2)16-9-11/h4-5,9,12,14H,3,6-8,15H2,1-2H3. The quantitative estimate of drug-likeness (QED) is 0.886.